The minimum atomic E-state index is 0.741. The van der Waals surface area contributed by atoms with Gasteiger partial charge in [-0.2, -0.15) is 0 Å². The number of benzene rings is 2. The number of hydrogen-bond donors (Lipinski definition) is 4. The van der Waals surface area contributed by atoms with E-state index in [-0.39, 0.29) is 0 Å². The third-order valence-corrected chi connectivity index (χ3v) is 4.01. The summed E-state index contributed by atoms with van der Waals surface area (Å²) in [6.07, 6.45) is 2.04. The lowest BCUT2D eigenvalue weighted by Gasteiger charge is -2.08. The summed E-state index contributed by atoms with van der Waals surface area (Å²) < 4.78 is 0. The van der Waals surface area contributed by atoms with Crippen molar-refractivity contribution in [3.8, 4) is 11.1 Å². The fourth-order valence-electron chi connectivity index (χ4n) is 2.55. The normalized spacial score (nSPS) is 10.9. The summed E-state index contributed by atoms with van der Waals surface area (Å²) in [5, 5.41) is 6.81. The lowest BCUT2D eigenvalue weighted by atomic mass is 10.0. The second-order valence-corrected chi connectivity index (χ2v) is 6.03. The van der Waals surface area contributed by atoms with Crippen molar-refractivity contribution in [1.82, 2.24) is 10.6 Å². The molecule has 24 heavy (non-hydrogen) atoms. The topological polar surface area (TPSA) is 76.1 Å². The molecule has 130 valence electrons. The summed E-state index contributed by atoms with van der Waals surface area (Å²) in [4.78, 5) is 0. The summed E-state index contributed by atoms with van der Waals surface area (Å²) >= 11 is 0. The average molecular weight is 326 g/mol. The molecule has 6 N–H and O–H groups in total. The zero-order valence-corrected chi connectivity index (χ0v) is 14.4. The third-order valence-electron chi connectivity index (χ3n) is 4.01. The highest BCUT2D eigenvalue weighted by molar-refractivity contribution is 5.63. The van der Waals surface area contributed by atoms with E-state index in [4.69, 9.17) is 11.5 Å². The average Bonchev–Trinajstić information content (AvgIpc) is 2.64. The molecule has 0 bridgehead atoms. The molecule has 0 fully saturated rings. The van der Waals surface area contributed by atoms with Gasteiger partial charge in [-0.3, -0.25) is 0 Å². The van der Waals surface area contributed by atoms with E-state index < -0.39 is 0 Å². The fourth-order valence-corrected chi connectivity index (χ4v) is 2.55. The van der Waals surface area contributed by atoms with Gasteiger partial charge in [-0.25, -0.2) is 0 Å². The first-order valence-corrected chi connectivity index (χ1v) is 8.83. The van der Waals surface area contributed by atoms with E-state index in [1.54, 1.807) is 0 Å². The van der Waals surface area contributed by atoms with E-state index in [0.29, 0.717) is 0 Å². The first-order chi connectivity index (χ1) is 11.8. The van der Waals surface area contributed by atoms with Crippen molar-refractivity contribution < 1.29 is 0 Å². The Kier molecular flexibility index (Phi) is 8.49. The van der Waals surface area contributed by atoms with E-state index in [1.165, 1.54) is 22.3 Å². The van der Waals surface area contributed by atoms with Gasteiger partial charge in [0.05, 0.1) is 0 Å². The van der Waals surface area contributed by atoms with Crippen molar-refractivity contribution in [2.45, 2.75) is 25.9 Å². The zero-order chi connectivity index (χ0) is 17.0. The Labute approximate surface area is 145 Å². The number of nitrogens with one attached hydrogen (secondary N) is 2. The van der Waals surface area contributed by atoms with Gasteiger partial charge in [0.15, 0.2) is 0 Å². The molecule has 0 aromatic heterocycles. The van der Waals surface area contributed by atoms with Crippen LogP contribution in [0.1, 0.15) is 24.0 Å². The summed E-state index contributed by atoms with van der Waals surface area (Å²) in [6.45, 7) is 5.22. The van der Waals surface area contributed by atoms with Crippen LogP contribution >= 0.6 is 0 Å². The van der Waals surface area contributed by atoms with Gasteiger partial charge >= 0.3 is 0 Å². The zero-order valence-electron chi connectivity index (χ0n) is 14.4. The van der Waals surface area contributed by atoms with Gasteiger partial charge in [0, 0.05) is 13.1 Å². The Balaban J connectivity index is 1.84. The monoisotopic (exact) mass is 326 g/mol. The van der Waals surface area contributed by atoms with Gasteiger partial charge in [-0.05, 0) is 61.3 Å². The van der Waals surface area contributed by atoms with Gasteiger partial charge in [0.2, 0.25) is 0 Å². The summed E-state index contributed by atoms with van der Waals surface area (Å²) in [5.74, 6) is 0. The van der Waals surface area contributed by atoms with Crippen LogP contribution in [0.4, 0.5) is 0 Å². The Hall–Kier alpha value is -1.72. The van der Waals surface area contributed by atoms with Crippen LogP contribution in [0, 0.1) is 0 Å². The molecule has 0 amide bonds. The highest BCUT2D eigenvalue weighted by Gasteiger charge is 1.99. The van der Waals surface area contributed by atoms with Gasteiger partial charge in [-0.1, -0.05) is 48.5 Å². The lowest BCUT2D eigenvalue weighted by molar-refractivity contribution is 0.655. The van der Waals surface area contributed by atoms with Crippen LogP contribution < -0.4 is 22.1 Å². The maximum atomic E-state index is 5.49. The first kappa shape index (κ1) is 18.6. The van der Waals surface area contributed by atoms with Crippen molar-refractivity contribution >= 4 is 0 Å². The van der Waals surface area contributed by atoms with E-state index >= 15 is 0 Å². The molecule has 0 atom stereocenters. The molecule has 2 rings (SSSR count). The van der Waals surface area contributed by atoms with Crippen molar-refractivity contribution in [2.24, 2.45) is 11.5 Å². The smallest absolute Gasteiger partial charge is 0.0205 e. The standard InChI is InChI=1S/C20H30N4/c21-11-1-13-23-15-17-3-7-19(8-4-17)20-9-5-18(6-10-20)16-24-14-2-12-22/h3-10,23-24H,1-2,11-16,21-22H2. The fraction of sp³-hybridized carbons (Fsp3) is 0.400. The Bertz CT molecular complexity index is 510. The minimum absolute atomic E-state index is 0.741. The molecule has 0 radical (unpaired) electrons. The molecular weight excluding hydrogens is 296 g/mol. The summed E-state index contributed by atoms with van der Waals surface area (Å²) in [5.41, 5.74) is 16.1. The Morgan fingerprint density at radius 1 is 0.583 bits per heavy atom. The first-order valence-electron chi connectivity index (χ1n) is 8.83. The molecule has 0 unspecified atom stereocenters. The van der Waals surface area contributed by atoms with Crippen LogP contribution in [-0.4, -0.2) is 26.2 Å². The molecule has 4 nitrogen and oxygen atoms in total. The van der Waals surface area contributed by atoms with Gasteiger partial charge in [0.25, 0.3) is 0 Å². The molecule has 0 aliphatic rings. The van der Waals surface area contributed by atoms with Crippen LogP contribution in [0.3, 0.4) is 0 Å². The van der Waals surface area contributed by atoms with Crippen LogP contribution in [-0.2, 0) is 13.1 Å². The maximum absolute atomic E-state index is 5.49. The molecule has 0 spiro atoms. The van der Waals surface area contributed by atoms with E-state index in [1.807, 2.05) is 0 Å². The van der Waals surface area contributed by atoms with E-state index in [2.05, 4.69) is 59.2 Å². The van der Waals surface area contributed by atoms with Gasteiger partial charge in [-0.15, -0.1) is 0 Å². The predicted octanol–water partition coefficient (Wildman–Crippen LogP) is 2.23. The molecule has 0 saturated heterocycles. The SMILES string of the molecule is NCCCNCc1ccc(-c2ccc(CNCCCN)cc2)cc1. The number of nitrogens with two attached hydrogens (primary N) is 2. The highest BCUT2D eigenvalue weighted by atomic mass is 14.9. The van der Waals surface area contributed by atoms with Crippen LogP contribution in [0.25, 0.3) is 11.1 Å². The Morgan fingerprint density at radius 2 is 0.958 bits per heavy atom. The molecule has 0 saturated carbocycles. The van der Waals surface area contributed by atoms with E-state index in [9.17, 15) is 0 Å². The minimum Gasteiger partial charge on any atom is -0.330 e. The van der Waals surface area contributed by atoms with Crippen molar-refractivity contribution in [3.05, 3.63) is 59.7 Å². The molecule has 0 heterocycles. The molecule has 0 aliphatic carbocycles. The molecule has 2 aromatic carbocycles. The molecule has 2 aromatic rings. The summed E-state index contributed by atoms with van der Waals surface area (Å²) in [6, 6.07) is 17.5. The number of hydrogen-bond acceptors (Lipinski definition) is 4. The predicted molar refractivity (Wildman–Crippen MR) is 103 cm³/mol. The lowest BCUT2D eigenvalue weighted by Crippen LogP contribution is -2.17. The van der Waals surface area contributed by atoms with Gasteiger partial charge in [0.1, 0.15) is 0 Å². The molecular formula is C20H30N4. The maximum Gasteiger partial charge on any atom is 0.0205 e. The van der Waals surface area contributed by atoms with Gasteiger partial charge < -0.3 is 22.1 Å². The Morgan fingerprint density at radius 3 is 1.29 bits per heavy atom. The van der Waals surface area contributed by atoms with Crippen molar-refractivity contribution in [3.63, 3.8) is 0 Å². The third kappa shape index (κ3) is 6.42. The largest absolute Gasteiger partial charge is 0.330 e. The second-order valence-electron chi connectivity index (χ2n) is 6.03. The number of rotatable bonds is 11. The van der Waals surface area contributed by atoms with E-state index in [0.717, 1.165) is 52.1 Å². The molecule has 0 aliphatic heterocycles. The van der Waals surface area contributed by atoms with Crippen LogP contribution in [0.2, 0.25) is 0 Å². The summed E-state index contributed by atoms with van der Waals surface area (Å²) in [7, 11) is 0. The van der Waals surface area contributed by atoms with Crippen LogP contribution in [0.15, 0.2) is 48.5 Å². The van der Waals surface area contributed by atoms with Crippen LogP contribution in [0.5, 0.6) is 0 Å². The van der Waals surface area contributed by atoms with Crippen molar-refractivity contribution in [2.75, 3.05) is 26.2 Å². The second kappa shape index (κ2) is 10.9. The quantitative estimate of drug-likeness (QED) is 0.478. The molecule has 4 heteroatoms. The highest BCUT2D eigenvalue weighted by Crippen LogP contribution is 2.20. The van der Waals surface area contributed by atoms with Crippen molar-refractivity contribution in [1.29, 1.82) is 0 Å².